The van der Waals surface area contributed by atoms with E-state index in [1.165, 1.54) is 6.08 Å². The fourth-order valence-electron chi connectivity index (χ4n) is 4.29. The number of carbonyl (C=O) groups excluding carboxylic acids is 3. The Hall–Kier alpha value is -4.31. The second-order valence-corrected chi connectivity index (χ2v) is 11.3. The number of urea groups is 1. The first-order valence-corrected chi connectivity index (χ1v) is 15.0. The Morgan fingerprint density at radius 3 is 2.27 bits per heavy atom. The number of imide groups is 2. The summed E-state index contributed by atoms with van der Waals surface area (Å²) in [5.41, 5.74) is 2.28. The number of amides is 4. The van der Waals surface area contributed by atoms with Crippen molar-refractivity contribution in [2.45, 2.75) is 20.1 Å². The normalized spacial score (nSPS) is 14.0. The predicted molar refractivity (Wildman–Crippen MR) is 172 cm³/mol. The molecule has 1 aliphatic rings. The van der Waals surface area contributed by atoms with Gasteiger partial charge in [-0.2, -0.15) is 0 Å². The minimum atomic E-state index is -0.847. The molecule has 1 fully saturated rings. The lowest BCUT2D eigenvalue weighted by molar-refractivity contribution is -0.122. The van der Waals surface area contributed by atoms with Gasteiger partial charge in [-0.25, -0.2) is 9.69 Å². The van der Waals surface area contributed by atoms with E-state index in [0.717, 1.165) is 20.5 Å². The molecule has 44 heavy (non-hydrogen) atoms. The molecule has 0 spiro atoms. The minimum absolute atomic E-state index is 0.169. The second-order valence-electron chi connectivity index (χ2n) is 9.53. The van der Waals surface area contributed by atoms with Crippen molar-refractivity contribution in [2.24, 2.45) is 0 Å². The molecule has 0 unspecified atom stereocenters. The summed E-state index contributed by atoms with van der Waals surface area (Å²) < 4.78 is 18.5. The highest BCUT2D eigenvalue weighted by Crippen LogP contribution is 2.32. The molecule has 0 radical (unpaired) electrons. The highest BCUT2D eigenvalue weighted by atomic mass is 79.9. The Morgan fingerprint density at radius 2 is 1.57 bits per heavy atom. The Morgan fingerprint density at radius 1 is 0.818 bits per heavy atom. The van der Waals surface area contributed by atoms with Crippen molar-refractivity contribution in [2.75, 3.05) is 11.5 Å². The number of barbiturate groups is 1. The van der Waals surface area contributed by atoms with Crippen LogP contribution in [0.5, 0.6) is 17.2 Å². The zero-order valence-electron chi connectivity index (χ0n) is 23.3. The predicted octanol–water partition coefficient (Wildman–Crippen LogP) is 7.98. The van der Waals surface area contributed by atoms with Crippen LogP contribution < -0.4 is 24.4 Å². The summed E-state index contributed by atoms with van der Waals surface area (Å²) in [4.78, 5) is 39.8. The average Bonchev–Trinajstić information content (AvgIpc) is 3.00. The Labute approximate surface area is 272 Å². The Kier molecular flexibility index (Phi) is 9.89. The molecule has 11 heteroatoms. The molecule has 0 atom stereocenters. The number of anilines is 1. The van der Waals surface area contributed by atoms with Crippen molar-refractivity contribution in [3.05, 3.63) is 122 Å². The molecule has 1 N–H and O–H groups in total. The standard InChI is InChI=1S/C33H25BrCl2N2O6/c1-2-42-30-16-21(5-14-29(30)44-19-22-6-9-24(35)17-28(22)36)15-27-31(39)37-33(41)38(32(27)40)25-10-12-26(13-11-25)43-18-20-3-7-23(34)8-4-20/h3-17H,2,18-19H2,1H3,(H,37,39,41)/b27-15+. The van der Waals surface area contributed by atoms with Gasteiger partial charge in [0.05, 0.1) is 12.3 Å². The van der Waals surface area contributed by atoms with E-state index in [0.29, 0.717) is 46.1 Å². The molecular formula is C33H25BrCl2N2O6. The maximum absolute atomic E-state index is 13.4. The number of nitrogens with one attached hydrogen (secondary N) is 1. The number of hydrogen-bond acceptors (Lipinski definition) is 6. The van der Waals surface area contributed by atoms with Crippen LogP contribution in [-0.4, -0.2) is 24.5 Å². The van der Waals surface area contributed by atoms with Crippen LogP contribution in [0.1, 0.15) is 23.6 Å². The molecule has 4 aromatic carbocycles. The monoisotopic (exact) mass is 694 g/mol. The van der Waals surface area contributed by atoms with Gasteiger partial charge in [0.15, 0.2) is 11.5 Å². The molecule has 1 heterocycles. The summed E-state index contributed by atoms with van der Waals surface area (Å²) in [5.74, 6) is -0.169. The van der Waals surface area contributed by atoms with Gasteiger partial charge in [0.25, 0.3) is 11.8 Å². The van der Waals surface area contributed by atoms with Gasteiger partial charge in [-0.05, 0) is 84.8 Å². The maximum atomic E-state index is 13.4. The SMILES string of the molecule is CCOc1cc(/C=C2\C(=O)NC(=O)N(c3ccc(OCc4ccc(Br)cc4)cc3)C2=O)ccc1OCc1ccc(Cl)cc1Cl. The molecule has 4 aromatic rings. The molecule has 0 saturated carbocycles. The third-order valence-electron chi connectivity index (χ3n) is 6.49. The van der Waals surface area contributed by atoms with Gasteiger partial charge >= 0.3 is 6.03 Å². The van der Waals surface area contributed by atoms with Crippen molar-refractivity contribution < 1.29 is 28.6 Å². The van der Waals surface area contributed by atoms with E-state index >= 15 is 0 Å². The molecule has 224 valence electrons. The third kappa shape index (κ3) is 7.42. The molecule has 0 bridgehead atoms. The lowest BCUT2D eigenvalue weighted by Crippen LogP contribution is -2.54. The van der Waals surface area contributed by atoms with E-state index in [2.05, 4.69) is 21.2 Å². The van der Waals surface area contributed by atoms with Crippen molar-refractivity contribution >= 4 is 68.7 Å². The first kappa shape index (κ1) is 31.1. The number of nitrogens with zero attached hydrogens (tertiary/aromatic N) is 1. The van der Waals surface area contributed by atoms with Crippen LogP contribution in [0.2, 0.25) is 10.0 Å². The lowest BCUT2D eigenvalue weighted by Gasteiger charge is -2.26. The van der Waals surface area contributed by atoms with Gasteiger partial charge in [-0.15, -0.1) is 0 Å². The lowest BCUT2D eigenvalue weighted by atomic mass is 10.1. The van der Waals surface area contributed by atoms with Crippen molar-refractivity contribution in [1.29, 1.82) is 0 Å². The molecule has 1 aliphatic heterocycles. The Bertz CT molecular complexity index is 1740. The maximum Gasteiger partial charge on any atom is 0.335 e. The van der Waals surface area contributed by atoms with Gasteiger partial charge in [0.2, 0.25) is 0 Å². The zero-order chi connectivity index (χ0) is 31.2. The van der Waals surface area contributed by atoms with Crippen LogP contribution in [0, 0.1) is 0 Å². The number of benzene rings is 4. The number of carbonyl (C=O) groups is 3. The average molecular weight is 696 g/mol. The molecule has 4 amide bonds. The van der Waals surface area contributed by atoms with Crippen molar-refractivity contribution in [3.8, 4) is 17.2 Å². The molecule has 5 rings (SSSR count). The van der Waals surface area contributed by atoms with Crippen LogP contribution in [0.25, 0.3) is 6.08 Å². The summed E-state index contributed by atoms with van der Waals surface area (Å²) in [6.07, 6.45) is 1.40. The first-order chi connectivity index (χ1) is 21.2. The van der Waals surface area contributed by atoms with Gasteiger partial charge < -0.3 is 14.2 Å². The van der Waals surface area contributed by atoms with Gasteiger partial charge in [0.1, 0.15) is 24.5 Å². The van der Waals surface area contributed by atoms with Crippen LogP contribution in [0.4, 0.5) is 10.5 Å². The quantitative estimate of drug-likeness (QED) is 0.134. The summed E-state index contributed by atoms with van der Waals surface area (Å²) >= 11 is 15.6. The largest absolute Gasteiger partial charge is 0.490 e. The zero-order valence-corrected chi connectivity index (χ0v) is 26.4. The summed E-state index contributed by atoms with van der Waals surface area (Å²) in [5, 5.41) is 3.23. The van der Waals surface area contributed by atoms with Gasteiger partial charge in [-0.1, -0.05) is 63.4 Å². The van der Waals surface area contributed by atoms with E-state index in [1.54, 1.807) is 60.7 Å². The smallest absolute Gasteiger partial charge is 0.335 e. The van der Waals surface area contributed by atoms with E-state index in [-0.39, 0.29) is 17.9 Å². The van der Waals surface area contributed by atoms with Crippen LogP contribution in [0.15, 0.2) is 95.0 Å². The number of hydrogen-bond donors (Lipinski definition) is 1. The molecule has 8 nitrogen and oxygen atoms in total. The highest BCUT2D eigenvalue weighted by Gasteiger charge is 2.36. The summed E-state index contributed by atoms with van der Waals surface area (Å²) in [6.45, 7) is 2.69. The number of rotatable bonds is 10. The van der Waals surface area contributed by atoms with E-state index in [9.17, 15) is 14.4 Å². The van der Waals surface area contributed by atoms with Crippen LogP contribution in [-0.2, 0) is 22.8 Å². The van der Waals surface area contributed by atoms with Crippen LogP contribution >= 0.6 is 39.1 Å². The van der Waals surface area contributed by atoms with Gasteiger partial charge in [-0.3, -0.25) is 14.9 Å². The van der Waals surface area contributed by atoms with Crippen molar-refractivity contribution in [3.63, 3.8) is 0 Å². The topological polar surface area (TPSA) is 94.2 Å². The first-order valence-electron chi connectivity index (χ1n) is 13.4. The fraction of sp³-hybridized carbons (Fsp3) is 0.121. The molecular weight excluding hydrogens is 671 g/mol. The summed E-state index contributed by atoms with van der Waals surface area (Å²) in [6, 6.07) is 23.5. The minimum Gasteiger partial charge on any atom is -0.490 e. The van der Waals surface area contributed by atoms with Gasteiger partial charge in [0, 0.05) is 20.1 Å². The van der Waals surface area contributed by atoms with Crippen LogP contribution in [0.3, 0.4) is 0 Å². The second kappa shape index (κ2) is 14.0. The summed E-state index contributed by atoms with van der Waals surface area (Å²) in [7, 11) is 0. The molecule has 0 aromatic heterocycles. The van der Waals surface area contributed by atoms with E-state index in [4.69, 9.17) is 37.4 Å². The van der Waals surface area contributed by atoms with E-state index < -0.39 is 17.8 Å². The number of ether oxygens (including phenoxy) is 3. The Balaban J connectivity index is 1.32. The molecule has 1 saturated heterocycles. The third-order valence-corrected chi connectivity index (χ3v) is 7.61. The van der Waals surface area contributed by atoms with E-state index in [1.807, 2.05) is 31.2 Å². The fourth-order valence-corrected chi connectivity index (χ4v) is 5.02. The van der Waals surface area contributed by atoms with Crippen molar-refractivity contribution in [1.82, 2.24) is 5.32 Å². The number of halogens is 3. The molecule has 0 aliphatic carbocycles. The highest BCUT2D eigenvalue weighted by molar-refractivity contribution is 9.10.